The molecule has 0 saturated carbocycles. The summed E-state index contributed by atoms with van der Waals surface area (Å²) in [5.74, 6) is 0.682. The van der Waals surface area contributed by atoms with Gasteiger partial charge in [-0.3, -0.25) is 0 Å². The molecule has 0 aliphatic heterocycles. The third kappa shape index (κ3) is 3.37. The van der Waals surface area contributed by atoms with Gasteiger partial charge in [0.25, 0.3) is 0 Å². The molecule has 0 radical (unpaired) electrons. The molecule has 2 aromatic rings. The maximum Gasteiger partial charge on any atom is 0.188 e. The van der Waals surface area contributed by atoms with Crippen LogP contribution in [0.25, 0.3) is 0 Å². The van der Waals surface area contributed by atoms with Crippen molar-refractivity contribution >= 4 is 0 Å². The van der Waals surface area contributed by atoms with Gasteiger partial charge in [0.15, 0.2) is 5.82 Å². The quantitative estimate of drug-likeness (QED) is 0.861. The van der Waals surface area contributed by atoms with Crippen molar-refractivity contribution in [3.8, 4) is 0 Å². The van der Waals surface area contributed by atoms with Crippen LogP contribution in [-0.4, -0.2) is 20.6 Å². The number of H-pyrrole nitrogens is 1. The first kappa shape index (κ1) is 12.7. The van der Waals surface area contributed by atoms with Gasteiger partial charge < -0.3 is 5.32 Å². The minimum atomic E-state index is 0.205. The van der Waals surface area contributed by atoms with E-state index in [0.717, 1.165) is 6.54 Å². The van der Waals surface area contributed by atoms with Gasteiger partial charge in [-0.2, -0.15) is 5.21 Å². The number of hydrogen-bond donors (Lipinski definition) is 2. The van der Waals surface area contributed by atoms with Crippen molar-refractivity contribution in [2.75, 3.05) is 0 Å². The fourth-order valence-corrected chi connectivity index (χ4v) is 1.70. The van der Waals surface area contributed by atoms with Gasteiger partial charge >= 0.3 is 0 Å². The third-order valence-corrected chi connectivity index (χ3v) is 2.82. The van der Waals surface area contributed by atoms with Gasteiger partial charge in [-0.15, -0.1) is 10.2 Å². The van der Waals surface area contributed by atoms with Gasteiger partial charge in [-0.25, -0.2) is 0 Å². The van der Waals surface area contributed by atoms with Crippen molar-refractivity contribution in [3.63, 3.8) is 0 Å². The Labute approximate surface area is 107 Å². The minimum Gasteiger partial charge on any atom is -0.306 e. The lowest BCUT2D eigenvalue weighted by atomic mass is 9.87. The lowest BCUT2D eigenvalue weighted by Crippen LogP contribution is -2.15. The van der Waals surface area contributed by atoms with Crippen LogP contribution in [0, 0.1) is 0 Å². The highest BCUT2D eigenvalue weighted by Crippen LogP contribution is 2.22. The normalized spacial score (nSPS) is 11.7. The minimum absolute atomic E-state index is 0.205. The van der Waals surface area contributed by atoms with Gasteiger partial charge in [-0.05, 0) is 16.5 Å². The van der Waals surface area contributed by atoms with E-state index in [9.17, 15) is 0 Å². The van der Waals surface area contributed by atoms with Crippen LogP contribution in [0.4, 0.5) is 0 Å². The van der Waals surface area contributed by atoms with Crippen LogP contribution >= 0.6 is 0 Å². The Balaban J connectivity index is 1.87. The van der Waals surface area contributed by atoms with E-state index >= 15 is 0 Å². The Hall–Kier alpha value is -1.75. The number of nitrogens with zero attached hydrogens (tertiary/aromatic N) is 3. The van der Waals surface area contributed by atoms with Gasteiger partial charge in [0.2, 0.25) is 0 Å². The molecular formula is C13H19N5. The van der Waals surface area contributed by atoms with Gasteiger partial charge in [0.05, 0.1) is 6.54 Å². The molecule has 0 amide bonds. The van der Waals surface area contributed by atoms with Crippen molar-refractivity contribution in [2.45, 2.75) is 39.3 Å². The highest BCUT2D eigenvalue weighted by atomic mass is 15.5. The van der Waals surface area contributed by atoms with Crippen molar-refractivity contribution in [1.29, 1.82) is 0 Å². The maximum absolute atomic E-state index is 3.88. The van der Waals surface area contributed by atoms with E-state index in [0.29, 0.717) is 12.4 Å². The zero-order chi connectivity index (χ0) is 13.0. The van der Waals surface area contributed by atoms with Crippen LogP contribution in [0.3, 0.4) is 0 Å². The lowest BCUT2D eigenvalue weighted by Gasteiger charge is -2.19. The predicted molar refractivity (Wildman–Crippen MR) is 69.9 cm³/mol. The first-order chi connectivity index (χ1) is 8.55. The Morgan fingerprint density at radius 1 is 1.11 bits per heavy atom. The van der Waals surface area contributed by atoms with Gasteiger partial charge in [0, 0.05) is 6.54 Å². The number of aromatic amines is 1. The van der Waals surface area contributed by atoms with E-state index in [4.69, 9.17) is 0 Å². The van der Waals surface area contributed by atoms with E-state index in [2.05, 4.69) is 71.0 Å². The standard InChI is InChI=1S/C13H19N5/c1-13(2,3)11-6-4-10(5-7-11)8-14-9-12-15-17-18-16-12/h4-7,14H,8-9H2,1-3H3,(H,15,16,17,18). The topological polar surface area (TPSA) is 66.5 Å². The van der Waals surface area contributed by atoms with Crippen LogP contribution in [0.15, 0.2) is 24.3 Å². The average Bonchev–Trinajstić information content (AvgIpc) is 2.82. The molecule has 0 unspecified atom stereocenters. The van der Waals surface area contributed by atoms with Crippen LogP contribution in [0.5, 0.6) is 0 Å². The predicted octanol–water partition coefficient (Wildman–Crippen LogP) is 1.79. The first-order valence-electron chi connectivity index (χ1n) is 6.08. The first-order valence-corrected chi connectivity index (χ1v) is 6.08. The molecule has 2 rings (SSSR count). The molecule has 0 atom stereocenters. The van der Waals surface area contributed by atoms with Crippen molar-refractivity contribution in [3.05, 3.63) is 41.2 Å². The molecule has 1 aromatic carbocycles. The Morgan fingerprint density at radius 2 is 1.83 bits per heavy atom. The second-order valence-electron chi connectivity index (χ2n) is 5.38. The van der Waals surface area contributed by atoms with Crippen molar-refractivity contribution in [2.24, 2.45) is 0 Å². The summed E-state index contributed by atoms with van der Waals surface area (Å²) >= 11 is 0. The largest absolute Gasteiger partial charge is 0.306 e. The molecule has 0 fully saturated rings. The van der Waals surface area contributed by atoms with E-state index in [1.807, 2.05) is 0 Å². The molecule has 0 aliphatic carbocycles. The molecule has 0 saturated heterocycles. The molecular weight excluding hydrogens is 226 g/mol. The number of aromatic nitrogens is 4. The van der Waals surface area contributed by atoms with E-state index in [-0.39, 0.29) is 5.41 Å². The highest BCUT2D eigenvalue weighted by molar-refractivity contribution is 5.27. The summed E-state index contributed by atoms with van der Waals surface area (Å²) in [5, 5.41) is 17.0. The monoisotopic (exact) mass is 245 g/mol. The summed E-state index contributed by atoms with van der Waals surface area (Å²) in [4.78, 5) is 0. The maximum atomic E-state index is 3.88. The molecule has 96 valence electrons. The Bertz CT molecular complexity index is 467. The number of rotatable bonds is 4. The average molecular weight is 245 g/mol. The van der Waals surface area contributed by atoms with E-state index in [1.54, 1.807) is 0 Å². The summed E-state index contributed by atoms with van der Waals surface area (Å²) in [6.45, 7) is 8.08. The second-order valence-corrected chi connectivity index (χ2v) is 5.38. The number of nitrogens with one attached hydrogen (secondary N) is 2. The molecule has 0 spiro atoms. The SMILES string of the molecule is CC(C)(C)c1ccc(CNCc2nn[nH]n2)cc1. The zero-order valence-electron chi connectivity index (χ0n) is 11.1. The van der Waals surface area contributed by atoms with Gasteiger partial charge in [0.1, 0.15) is 0 Å². The molecule has 1 aromatic heterocycles. The molecule has 2 N–H and O–H groups in total. The highest BCUT2D eigenvalue weighted by Gasteiger charge is 2.12. The summed E-state index contributed by atoms with van der Waals surface area (Å²) in [5.41, 5.74) is 2.81. The van der Waals surface area contributed by atoms with E-state index in [1.165, 1.54) is 11.1 Å². The summed E-state index contributed by atoms with van der Waals surface area (Å²) in [7, 11) is 0. The Morgan fingerprint density at radius 3 is 2.39 bits per heavy atom. The van der Waals surface area contributed by atoms with E-state index < -0.39 is 0 Å². The molecule has 5 nitrogen and oxygen atoms in total. The smallest absolute Gasteiger partial charge is 0.188 e. The number of hydrogen-bond acceptors (Lipinski definition) is 4. The molecule has 0 bridgehead atoms. The van der Waals surface area contributed by atoms with Crippen molar-refractivity contribution in [1.82, 2.24) is 25.9 Å². The van der Waals surface area contributed by atoms with Crippen LogP contribution in [0.2, 0.25) is 0 Å². The van der Waals surface area contributed by atoms with Crippen molar-refractivity contribution < 1.29 is 0 Å². The van der Waals surface area contributed by atoms with Crippen LogP contribution in [0.1, 0.15) is 37.7 Å². The van der Waals surface area contributed by atoms with Crippen LogP contribution in [-0.2, 0) is 18.5 Å². The summed E-state index contributed by atoms with van der Waals surface area (Å²) < 4.78 is 0. The summed E-state index contributed by atoms with van der Waals surface area (Å²) in [6.07, 6.45) is 0. The molecule has 18 heavy (non-hydrogen) atoms. The van der Waals surface area contributed by atoms with Crippen LogP contribution < -0.4 is 5.32 Å². The number of benzene rings is 1. The molecule has 5 heteroatoms. The second kappa shape index (κ2) is 5.27. The molecule has 1 heterocycles. The fraction of sp³-hybridized carbons (Fsp3) is 0.462. The van der Waals surface area contributed by atoms with Gasteiger partial charge in [-0.1, -0.05) is 50.3 Å². The lowest BCUT2D eigenvalue weighted by molar-refractivity contribution is 0.589. The zero-order valence-corrected chi connectivity index (χ0v) is 11.1. The Kier molecular flexibility index (Phi) is 3.72. The summed E-state index contributed by atoms with van der Waals surface area (Å²) in [6, 6.07) is 8.68. The number of tetrazole rings is 1. The fourth-order valence-electron chi connectivity index (χ4n) is 1.70. The molecule has 0 aliphatic rings. The third-order valence-electron chi connectivity index (χ3n) is 2.82.